The highest BCUT2D eigenvalue weighted by Gasteiger charge is 2.36. The number of amides is 2. The average molecular weight is 416 g/mol. The molecule has 0 saturated heterocycles. The Labute approximate surface area is 178 Å². The second-order valence-electron chi connectivity index (χ2n) is 8.59. The van der Waals surface area contributed by atoms with E-state index in [4.69, 9.17) is 4.74 Å². The van der Waals surface area contributed by atoms with Gasteiger partial charge in [-0.3, -0.25) is 9.59 Å². The topological polar surface area (TPSA) is 83.0 Å². The predicted octanol–water partition coefficient (Wildman–Crippen LogP) is 2.59. The number of allylic oxidation sites excluding steroid dienone is 1. The van der Waals surface area contributed by atoms with E-state index >= 15 is 0 Å². The van der Waals surface area contributed by atoms with E-state index in [0.29, 0.717) is 18.7 Å². The molecule has 1 aromatic heterocycles. The third-order valence-corrected chi connectivity index (χ3v) is 6.19. The molecule has 3 rings (SSSR count). The molecular formula is C23H33N3O4. The van der Waals surface area contributed by atoms with Crippen LogP contribution in [0.15, 0.2) is 18.3 Å². The molecule has 0 radical (unpaired) electrons. The fraction of sp³-hybridized carbons (Fsp3) is 0.609. The lowest BCUT2D eigenvalue weighted by Gasteiger charge is -2.38. The zero-order chi connectivity index (χ0) is 21.8. The van der Waals surface area contributed by atoms with Crippen molar-refractivity contribution in [3.8, 4) is 5.88 Å². The first-order valence-electron chi connectivity index (χ1n) is 10.8. The highest BCUT2D eigenvalue weighted by atomic mass is 16.5. The molecule has 1 aromatic rings. The zero-order valence-corrected chi connectivity index (χ0v) is 18.4. The van der Waals surface area contributed by atoms with Gasteiger partial charge in [0.2, 0.25) is 11.8 Å². The first kappa shape index (κ1) is 22.3. The predicted molar refractivity (Wildman–Crippen MR) is 115 cm³/mol. The van der Waals surface area contributed by atoms with Crippen LogP contribution in [0, 0.1) is 11.8 Å². The van der Waals surface area contributed by atoms with Gasteiger partial charge in [0.05, 0.1) is 19.2 Å². The van der Waals surface area contributed by atoms with Gasteiger partial charge in [-0.05, 0) is 38.3 Å². The van der Waals surface area contributed by atoms with E-state index < -0.39 is 0 Å². The Kier molecular flexibility index (Phi) is 7.13. The largest absolute Gasteiger partial charge is 0.472 e. The summed E-state index contributed by atoms with van der Waals surface area (Å²) >= 11 is 0. The first-order chi connectivity index (χ1) is 14.3. The smallest absolute Gasteiger partial charge is 0.259 e. The number of ether oxygens (including phenoxy) is 1. The van der Waals surface area contributed by atoms with Crippen LogP contribution in [0.2, 0.25) is 0 Å². The number of aliphatic hydroxyl groups is 1. The minimum absolute atomic E-state index is 0.0373. The van der Waals surface area contributed by atoms with Crippen molar-refractivity contribution in [2.75, 3.05) is 26.7 Å². The number of fused-ring (bicyclic) bond motifs is 1. The number of likely N-dealkylation sites (N-methyl/N-ethyl adjacent to an activating group) is 1. The van der Waals surface area contributed by atoms with E-state index in [1.807, 2.05) is 40.0 Å². The summed E-state index contributed by atoms with van der Waals surface area (Å²) in [4.78, 5) is 33.8. The molecule has 0 bridgehead atoms. The van der Waals surface area contributed by atoms with Gasteiger partial charge in [0.1, 0.15) is 11.7 Å². The molecule has 1 aliphatic heterocycles. The molecule has 30 heavy (non-hydrogen) atoms. The monoisotopic (exact) mass is 415 g/mol. The molecule has 7 nitrogen and oxygen atoms in total. The third kappa shape index (κ3) is 4.67. The molecule has 0 aromatic carbocycles. The van der Waals surface area contributed by atoms with Crippen LogP contribution in [0.5, 0.6) is 5.88 Å². The number of nitrogens with zero attached hydrogens (tertiary/aromatic N) is 3. The van der Waals surface area contributed by atoms with Crippen molar-refractivity contribution in [2.24, 2.45) is 11.8 Å². The van der Waals surface area contributed by atoms with Crippen molar-refractivity contribution in [3.05, 3.63) is 29.5 Å². The molecule has 1 saturated carbocycles. The number of aliphatic hydroxyl groups excluding tert-OH is 1. The molecule has 2 heterocycles. The number of aromatic nitrogens is 1. The molecule has 0 spiro atoms. The maximum Gasteiger partial charge on any atom is 0.259 e. The molecule has 1 aliphatic carbocycles. The van der Waals surface area contributed by atoms with Crippen molar-refractivity contribution in [1.29, 1.82) is 0 Å². The Morgan fingerprint density at radius 3 is 2.80 bits per heavy atom. The summed E-state index contributed by atoms with van der Waals surface area (Å²) in [5.74, 6) is 0.330. The van der Waals surface area contributed by atoms with Crippen LogP contribution in [-0.2, 0) is 4.79 Å². The van der Waals surface area contributed by atoms with E-state index in [-0.39, 0.29) is 48.3 Å². The molecule has 1 fully saturated rings. The maximum atomic E-state index is 13.3. The van der Waals surface area contributed by atoms with Crippen LogP contribution in [0.4, 0.5) is 0 Å². The molecule has 164 valence electrons. The summed E-state index contributed by atoms with van der Waals surface area (Å²) in [7, 11) is 1.82. The minimum atomic E-state index is -0.328. The Morgan fingerprint density at radius 2 is 2.20 bits per heavy atom. The Hall–Kier alpha value is -2.41. The lowest BCUT2D eigenvalue weighted by molar-refractivity contribution is -0.138. The fourth-order valence-corrected chi connectivity index (χ4v) is 3.95. The summed E-state index contributed by atoms with van der Waals surface area (Å²) in [5.41, 5.74) is 1.20. The standard InChI is InChI=1S/C23H33N3O4/c1-5-7-17-10-19-21(24-11-17)30-20(13-25(4)22(28)18-8-6-9-18)15(2)12-26(23(19)29)16(3)14-27/h5,7,10-11,15-16,18,20,27H,6,8-9,12-14H2,1-4H3/b7-5+/t15-,16-,20+/m0/s1. The van der Waals surface area contributed by atoms with Gasteiger partial charge in [0.15, 0.2) is 0 Å². The lowest BCUT2D eigenvalue weighted by Crippen LogP contribution is -2.51. The van der Waals surface area contributed by atoms with Gasteiger partial charge in [0.25, 0.3) is 5.91 Å². The lowest BCUT2D eigenvalue weighted by atomic mass is 9.84. The minimum Gasteiger partial charge on any atom is -0.472 e. The molecule has 3 atom stereocenters. The van der Waals surface area contributed by atoms with Crippen LogP contribution in [0.25, 0.3) is 6.08 Å². The second-order valence-corrected chi connectivity index (χ2v) is 8.59. The van der Waals surface area contributed by atoms with Crippen molar-refractivity contribution >= 4 is 17.9 Å². The number of rotatable bonds is 6. The summed E-state index contributed by atoms with van der Waals surface area (Å²) < 4.78 is 6.23. The third-order valence-electron chi connectivity index (χ3n) is 6.19. The van der Waals surface area contributed by atoms with Crippen LogP contribution >= 0.6 is 0 Å². The molecule has 2 amide bonds. The normalized spacial score (nSPS) is 23.2. The fourth-order valence-electron chi connectivity index (χ4n) is 3.95. The molecular weight excluding hydrogens is 382 g/mol. The van der Waals surface area contributed by atoms with Gasteiger partial charge in [-0.25, -0.2) is 4.98 Å². The van der Waals surface area contributed by atoms with Crippen molar-refractivity contribution in [3.63, 3.8) is 0 Å². The molecule has 7 heteroatoms. The average Bonchev–Trinajstić information content (AvgIpc) is 2.69. The zero-order valence-electron chi connectivity index (χ0n) is 18.4. The summed E-state index contributed by atoms with van der Waals surface area (Å²) in [6.45, 7) is 6.49. The van der Waals surface area contributed by atoms with Gasteiger partial charge in [0, 0.05) is 31.6 Å². The summed E-state index contributed by atoms with van der Waals surface area (Å²) in [6.07, 6.45) is 8.17. The number of pyridine rings is 1. The van der Waals surface area contributed by atoms with E-state index in [0.717, 1.165) is 24.8 Å². The number of carbonyl (C=O) groups is 2. The Balaban J connectivity index is 1.91. The van der Waals surface area contributed by atoms with Gasteiger partial charge in [-0.1, -0.05) is 25.5 Å². The number of hydrogen-bond acceptors (Lipinski definition) is 5. The van der Waals surface area contributed by atoms with Crippen LogP contribution in [-0.4, -0.2) is 70.6 Å². The van der Waals surface area contributed by atoms with E-state index in [1.165, 1.54) is 0 Å². The SMILES string of the molecule is C/C=C/c1cnc2c(c1)C(=O)N([C@@H](C)CO)C[C@H](C)[C@@H](CN(C)C(=O)C1CCC1)O2. The van der Waals surface area contributed by atoms with Gasteiger partial charge in [-0.15, -0.1) is 0 Å². The highest BCUT2D eigenvalue weighted by molar-refractivity contribution is 5.97. The van der Waals surface area contributed by atoms with Gasteiger partial charge in [-0.2, -0.15) is 0 Å². The molecule has 2 aliphatic rings. The van der Waals surface area contributed by atoms with Crippen LogP contribution in [0.1, 0.15) is 56.0 Å². The van der Waals surface area contributed by atoms with Crippen molar-refractivity contribution in [2.45, 2.75) is 52.2 Å². The van der Waals surface area contributed by atoms with E-state index in [2.05, 4.69) is 4.98 Å². The van der Waals surface area contributed by atoms with Gasteiger partial charge < -0.3 is 19.6 Å². The van der Waals surface area contributed by atoms with Crippen molar-refractivity contribution in [1.82, 2.24) is 14.8 Å². The highest BCUT2D eigenvalue weighted by Crippen LogP contribution is 2.30. The maximum absolute atomic E-state index is 13.3. The van der Waals surface area contributed by atoms with E-state index in [9.17, 15) is 14.7 Å². The first-order valence-corrected chi connectivity index (χ1v) is 10.8. The second kappa shape index (κ2) is 9.60. The molecule has 0 unspecified atom stereocenters. The van der Waals surface area contributed by atoms with E-state index in [1.54, 1.807) is 22.1 Å². The van der Waals surface area contributed by atoms with Crippen LogP contribution in [0.3, 0.4) is 0 Å². The van der Waals surface area contributed by atoms with Gasteiger partial charge >= 0.3 is 0 Å². The van der Waals surface area contributed by atoms with Crippen molar-refractivity contribution < 1.29 is 19.4 Å². The summed E-state index contributed by atoms with van der Waals surface area (Å²) in [5, 5.41) is 9.71. The Morgan fingerprint density at radius 1 is 1.47 bits per heavy atom. The number of hydrogen-bond donors (Lipinski definition) is 1. The summed E-state index contributed by atoms with van der Waals surface area (Å²) in [6, 6.07) is 1.45. The molecule has 1 N–H and O–H groups in total. The Bertz CT molecular complexity index is 806. The number of carbonyl (C=O) groups excluding carboxylic acids is 2. The van der Waals surface area contributed by atoms with Crippen LogP contribution < -0.4 is 4.74 Å². The quantitative estimate of drug-likeness (QED) is 0.772.